The molecule has 45 heavy (non-hydrogen) atoms. The summed E-state index contributed by atoms with van der Waals surface area (Å²) in [5.74, 6) is -1.01. The molecule has 0 radical (unpaired) electrons. The molecule has 0 aromatic heterocycles. The third kappa shape index (κ3) is 8.65. The zero-order valence-electron chi connectivity index (χ0n) is 25.6. The quantitative estimate of drug-likeness (QED) is 0.160. The van der Waals surface area contributed by atoms with Crippen LogP contribution in [0.1, 0.15) is 44.7 Å². The van der Waals surface area contributed by atoms with E-state index in [2.05, 4.69) is 5.32 Å². The van der Waals surface area contributed by atoms with Gasteiger partial charge in [-0.1, -0.05) is 55.2 Å². The number of methoxy groups -OCH3 is 1. The summed E-state index contributed by atoms with van der Waals surface area (Å²) in [5.41, 5.74) is 0.447. The Bertz CT molecular complexity index is 1650. The summed E-state index contributed by atoms with van der Waals surface area (Å²) >= 11 is 12.3. The van der Waals surface area contributed by atoms with Crippen molar-refractivity contribution >= 4 is 56.4 Å². The molecule has 0 unspecified atom stereocenters. The first-order valence-corrected chi connectivity index (χ1v) is 16.4. The standard InChI is InChI=1S/C31H36Cl2N4O7S/c1-6-21(4)34-31(39)26(7-2)35(18-22-9-11-23(32)12-10-22)30(38)19-36(28-16-24(33)13-15-29(28)44-5)45(42,43)25-14-8-20(3)27(17-25)37(40)41/h8-17,21,26H,6-7,18-19H2,1-5H3,(H,34,39)/t21-,26+/m0/s1. The Balaban J connectivity index is 2.18. The molecule has 2 amide bonds. The Morgan fingerprint density at radius 1 is 1.00 bits per heavy atom. The summed E-state index contributed by atoms with van der Waals surface area (Å²) in [6, 6.07) is 13.4. The van der Waals surface area contributed by atoms with E-state index < -0.39 is 49.9 Å². The molecule has 0 spiro atoms. The van der Waals surface area contributed by atoms with Gasteiger partial charge in [0.15, 0.2) is 0 Å². The predicted octanol–water partition coefficient (Wildman–Crippen LogP) is 6.14. The molecular formula is C31H36Cl2N4O7S. The number of amides is 2. The molecule has 1 N–H and O–H groups in total. The van der Waals surface area contributed by atoms with Gasteiger partial charge in [-0.25, -0.2) is 8.42 Å². The van der Waals surface area contributed by atoms with E-state index >= 15 is 0 Å². The number of carbonyl (C=O) groups excluding carboxylic acids is 2. The Morgan fingerprint density at radius 3 is 2.22 bits per heavy atom. The molecule has 0 fully saturated rings. The monoisotopic (exact) mass is 678 g/mol. The molecule has 3 rings (SSSR count). The first kappa shape index (κ1) is 35.6. The lowest BCUT2D eigenvalue weighted by atomic mass is 10.1. The first-order valence-electron chi connectivity index (χ1n) is 14.2. The van der Waals surface area contributed by atoms with Crippen molar-refractivity contribution in [2.24, 2.45) is 0 Å². The van der Waals surface area contributed by atoms with Crippen molar-refractivity contribution in [3.8, 4) is 5.75 Å². The second-order valence-corrected chi connectivity index (χ2v) is 13.2. The number of nitrogens with one attached hydrogen (secondary N) is 1. The number of anilines is 1. The molecule has 11 nitrogen and oxygen atoms in total. The van der Waals surface area contributed by atoms with Crippen LogP contribution < -0.4 is 14.4 Å². The van der Waals surface area contributed by atoms with E-state index in [1.54, 1.807) is 31.2 Å². The Morgan fingerprint density at radius 2 is 1.64 bits per heavy atom. The third-order valence-electron chi connectivity index (χ3n) is 7.31. The fourth-order valence-electron chi connectivity index (χ4n) is 4.59. The molecule has 0 aliphatic heterocycles. The zero-order chi connectivity index (χ0) is 33.5. The molecular weight excluding hydrogens is 643 g/mol. The average Bonchev–Trinajstić information content (AvgIpc) is 3.00. The van der Waals surface area contributed by atoms with Gasteiger partial charge in [0.25, 0.3) is 15.7 Å². The lowest BCUT2D eigenvalue weighted by Gasteiger charge is -2.34. The van der Waals surface area contributed by atoms with E-state index in [4.69, 9.17) is 27.9 Å². The SMILES string of the molecule is CC[C@H](C(=O)N[C@@H](C)CC)N(Cc1ccc(Cl)cc1)C(=O)CN(c1cc(Cl)ccc1OC)S(=O)(=O)c1ccc(C)c([N+](=O)[O-])c1. The van der Waals surface area contributed by atoms with Crippen molar-refractivity contribution < 1.29 is 27.7 Å². The van der Waals surface area contributed by atoms with Crippen LogP contribution in [0.4, 0.5) is 11.4 Å². The molecule has 0 aliphatic rings. The number of nitro benzene ring substituents is 1. The van der Waals surface area contributed by atoms with E-state index in [1.165, 1.54) is 49.3 Å². The first-order chi connectivity index (χ1) is 21.2. The number of rotatable bonds is 14. The van der Waals surface area contributed by atoms with Gasteiger partial charge in [-0.3, -0.25) is 24.0 Å². The minimum atomic E-state index is -4.63. The Hall–Kier alpha value is -3.87. The van der Waals surface area contributed by atoms with Gasteiger partial charge in [-0.2, -0.15) is 0 Å². The van der Waals surface area contributed by atoms with Crippen molar-refractivity contribution in [3.63, 3.8) is 0 Å². The summed E-state index contributed by atoms with van der Waals surface area (Å²) in [5, 5.41) is 15.2. The molecule has 242 valence electrons. The maximum absolute atomic E-state index is 14.3. The van der Waals surface area contributed by atoms with E-state index in [0.29, 0.717) is 17.0 Å². The van der Waals surface area contributed by atoms with E-state index in [1.807, 2.05) is 13.8 Å². The summed E-state index contributed by atoms with van der Waals surface area (Å²) < 4.78 is 34.7. The highest BCUT2D eigenvalue weighted by Crippen LogP contribution is 2.36. The second kappa shape index (κ2) is 15.4. The van der Waals surface area contributed by atoms with Crippen LogP contribution in [-0.4, -0.2) is 55.8 Å². The van der Waals surface area contributed by atoms with Crippen molar-refractivity contribution in [3.05, 3.63) is 92.0 Å². The van der Waals surface area contributed by atoms with Gasteiger partial charge >= 0.3 is 0 Å². The van der Waals surface area contributed by atoms with Gasteiger partial charge in [0.05, 0.1) is 22.6 Å². The second-order valence-electron chi connectivity index (χ2n) is 10.4. The number of nitrogens with zero attached hydrogens (tertiary/aromatic N) is 3. The van der Waals surface area contributed by atoms with Gasteiger partial charge in [-0.15, -0.1) is 0 Å². The maximum atomic E-state index is 14.3. The fourth-order valence-corrected chi connectivity index (χ4v) is 6.32. The molecule has 2 atom stereocenters. The van der Waals surface area contributed by atoms with Gasteiger partial charge in [0, 0.05) is 34.3 Å². The van der Waals surface area contributed by atoms with Crippen LogP contribution in [0.2, 0.25) is 10.0 Å². The molecule has 3 aromatic rings. The van der Waals surface area contributed by atoms with Gasteiger partial charge < -0.3 is 15.0 Å². The van der Waals surface area contributed by atoms with Crippen molar-refractivity contribution in [2.75, 3.05) is 18.0 Å². The molecule has 0 saturated heterocycles. The molecule has 0 heterocycles. The number of benzene rings is 3. The van der Waals surface area contributed by atoms with Crippen LogP contribution in [0, 0.1) is 17.0 Å². The predicted molar refractivity (Wildman–Crippen MR) is 174 cm³/mol. The highest BCUT2D eigenvalue weighted by molar-refractivity contribution is 7.92. The number of carbonyl (C=O) groups is 2. The Labute approximate surface area is 273 Å². The normalized spacial score (nSPS) is 12.6. The summed E-state index contributed by atoms with van der Waals surface area (Å²) in [7, 11) is -3.31. The number of hydrogen-bond donors (Lipinski definition) is 1. The Kier molecular flexibility index (Phi) is 12.2. The van der Waals surface area contributed by atoms with Crippen LogP contribution in [0.3, 0.4) is 0 Å². The van der Waals surface area contributed by atoms with Crippen LogP contribution in [0.15, 0.2) is 65.6 Å². The van der Waals surface area contributed by atoms with Crippen molar-refractivity contribution in [1.82, 2.24) is 10.2 Å². The molecule has 0 saturated carbocycles. The highest BCUT2D eigenvalue weighted by Gasteiger charge is 2.36. The van der Waals surface area contributed by atoms with Crippen molar-refractivity contribution in [2.45, 2.75) is 64.1 Å². The largest absolute Gasteiger partial charge is 0.495 e. The molecule has 14 heteroatoms. The van der Waals surface area contributed by atoms with Crippen LogP contribution in [0.5, 0.6) is 5.75 Å². The van der Waals surface area contributed by atoms with Crippen LogP contribution >= 0.6 is 23.2 Å². The van der Waals surface area contributed by atoms with Gasteiger partial charge in [0.2, 0.25) is 11.8 Å². The highest BCUT2D eigenvalue weighted by atomic mass is 35.5. The van der Waals surface area contributed by atoms with E-state index in [0.717, 1.165) is 10.4 Å². The number of hydrogen-bond acceptors (Lipinski definition) is 7. The summed E-state index contributed by atoms with van der Waals surface area (Å²) in [6.07, 6.45) is 0.898. The topological polar surface area (TPSA) is 139 Å². The minimum Gasteiger partial charge on any atom is -0.495 e. The van der Waals surface area contributed by atoms with E-state index in [-0.39, 0.29) is 41.0 Å². The number of aryl methyl sites for hydroxylation is 1. The summed E-state index contributed by atoms with van der Waals surface area (Å²) in [4.78, 5) is 39.6. The smallest absolute Gasteiger partial charge is 0.273 e. The van der Waals surface area contributed by atoms with E-state index in [9.17, 15) is 28.1 Å². The van der Waals surface area contributed by atoms with Gasteiger partial charge in [0.1, 0.15) is 18.3 Å². The third-order valence-corrected chi connectivity index (χ3v) is 9.55. The van der Waals surface area contributed by atoms with Gasteiger partial charge in [-0.05, 0) is 68.7 Å². The molecule has 0 aliphatic carbocycles. The number of ether oxygens (including phenoxy) is 1. The average molecular weight is 680 g/mol. The number of sulfonamides is 1. The fraction of sp³-hybridized carbons (Fsp3) is 0.355. The zero-order valence-corrected chi connectivity index (χ0v) is 27.9. The number of nitro groups is 1. The molecule has 0 bridgehead atoms. The lowest BCUT2D eigenvalue weighted by Crippen LogP contribution is -2.53. The van der Waals surface area contributed by atoms with Crippen molar-refractivity contribution in [1.29, 1.82) is 0 Å². The lowest BCUT2D eigenvalue weighted by molar-refractivity contribution is -0.385. The summed E-state index contributed by atoms with van der Waals surface area (Å²) in [6.45, 7) is 6.19. The minimum absolute atomic E-state index is 0.0288. The molecule has 3 aromatic carbocycles. The number of halogens is 2. The maximum Gasteiger partial charge on any atom is 0.273 e. The van der Waals surface area contributed by atoms with Crippen LogP contribution in [-0.2, 0) is 26.2 Å². The van der Waals surface area contributed by atoms with Crippen LogP contribution in [0.25, 0.3) is 0 Å².